The number of carbonyl (C=O) groups is 1. The molecule has 1 rings (SSSR count). The van der Waals surface area contributed by atoms with Gasteiger partial charge in [0.05, 0.1) is 18.8 Å². The summed E-state index contributed by atoms with van der Waals surface area (Å²) in [5, 5.41) is 7.79. The van der Waals surface area contributed by atoms with E-state index in [1.54, 1.807) is 0 Å². The number of nitrogens with one attached hydrogen (secondary N) is 1. The van der Waals surface area contributed by atoms with Gasteiger partial charge >= 0.3 is 5.97 Å². The molecule has 1 unspecified atom stereocenters. The molecule has 0 aliphatic rings. The largest absolute Gasteiger partial charge is 0.465 e. The molecule has 0 aliphatic heterocycles. The highest BCUT2D eigenvalue weighted by Crippen LogP contribution is 2.17. The van der Waals surface area contributed by atoms with Gasteiger partial charge in [0, 0.05) is 5.69 Å². The van der Waals surface area contributed by atoms with E-state index < -0.39 is 5.54 Å². The van der Waals surface area contributed by atoms with Crippen molar-refractivity contribution in [1.29, 1.82) is 0 Å². The molecule has 0 aromatic carbocycles. The Morgan fingerprint density at radius 3 is 2.45 bits per heavy atom. The van der Waals surface area contributed by atoms with Gasteiger partial charge in [-0.1, -0.05) is 13.8 Å². The van der Waals surface area contributed by atoms with E-state index >= 15 is 0 Å². The van der Waals surface area contributed by atoms with Crippen LogP contribution in [0.15, 0.2) is 0 Å². The molecule has 20 heavy (non-hydrogen) atoms. The van der Waals surface area contributed by atoms with Crippen molar-refractivity contribution >= 4 is 5.97 Å². The Labute approximate surface area is 121 Å². The fourth-order valence-corrected chi connectivity index (χ4v) is 2.57. The molecule has 1 atom stereocenters. The fourth-order valence-electron chi connectivity index (χ4n) is 2.57. The van der Waals surface area contributed by atoms with Gasteiger partial charge in [-0.25, -0.2) is 4.79 Å². The monoisotopic (exact) mass is 281 g/mol. The van der Waals surface area contributed by atoms with Crippen LogP contribution in [0.4, 0.5) is 0 Å². The van der Waals surface area contributed by atoms with Crippen LogP contribution in [-0.4, -0.2) is 34.4 Å². The number of rotatable bonds is 7. The summed E-state index contributed by atoms with van der Waals surface area (Å²) in [6.45, 7) is 13.4. The van der Waals surface area contributed by atoms with Crippen LogP contribution in [-0.2, 0) is 22.5 Å². The second-order valence-electron chi connectivity index (χ2n) is 5.24. The molecule has 5 nitrogen and oxygen atoms in total. The highest BCUT2D eigenvalue weighted by atomic mass is 16.5. The Bertz CT molecular complexity index is 468. The molecule has 1 aromatic rings. The third-order valence-electron chi connectivity index (χ3n) is 3.64. The summed E-state index contributed by atoms with van der Waals surface area (Å²) in [5.41, 5.74) is 2.66. The molecule has 0 radical (unpaired) electrons. The first-order valence-corrected chi connectivity index (χ1v) is 7.34. The lowest BCUT2D eigenvalue weighted by atomic mass is 10.0. The lowest BCUT2D eigenvalue weighted by Gasteiger charge is -2.28. The maximum absolute atomic E-state index is 12.2. The van der Waals surface area contributed by atoms with Crippen molar-refractivity contribution in [1.82, 2.24) is 15.1 Å². The molecule has 5 heteroatoms. The Hall–Kier alpha value is -1.36. The number of aryl methyl sites for hydroxylation is 1. The normalized spacial score (nSPS) is 14.1. The Balaban J connectivity index is 3.04. The fraction of sp³-hybridized carbons (Fsp3) is 0.733. The highest BCUT2D eigenvalue weighted by Gasteiger charge is 2.35. The highest BCUT2D eigenvalue weighted by molar-refractivity contribution is 5.80. The maximum Gasteiger partial charge on any atom is 0.327 e. The van der Waals surface area contributed by atoms with Crippen LogP contribution in [0.5, 0.6) is 0 Å². The van der Waals surface area contributed by atoms with E-state index in [0.29, 0.717) is 19.7 Å². The summed E-state index contributed by atoms with van der Waals surface area (Å²) in [5.74, 6) is -0.229. The molecule has 0 saturated heterocycles. The van der Waals surface area contributed by atoms with Gasteiger partial charge in [0.15, 0.2) is 0 Å². The van der Waals surface area contributed by atoms with Gasteiger partial charge in [-0.15, -0.1) is 0 Å². The number of aromatic nitrogens is 2. The average molecular weight is 281 g/mol. The molecule has 0 bridgehead atoms. The summed E-state index contributed by atoms with van der Waals surface area (Å²) in [7, 11) is 0. The molecule has 114 valence electrons. The quantitative estimate of drug-likeness (QED) is 0.777. The number of hydrogen-bond donors (Lipinski definition) is 1. The molecular weight excluding hydrogens is 254 g/mol. The first-order valence-electron chi connectivity index (χ1n) is 7.34. The maximum atomic E-state index is 12.2. The smallest absolute Gasteiger partial charge is 0.327 e. The van der Waals surface area contributed by atoms with E-state index in [2.05, 4.69) is 24.3 Å². The average Bonchev–Trinajstić information content (AvgIpc) is 2.64. The third-order valence-corrected chi connectivity index (χ3v) is 3.64. The zero-order chi connectivity index (χ0) is 15.3. The van der Waals surface area contributed by atoms with Gasteiger partial charge < -0.3 is 10.1 Å². The van der Waals surface area contributed by atoms with Gasteiger partial charge in [0.1, 0.15) is 5.54 Å². The van der Waals surface area contributed by atoms with Gasteiger partial charge in [0.25, 0.3) is 0 Å². The van der Waals surface area contributed by atoms with Crippen LogP contribution < -0.4 is 5.32 Å². The van der Waals surface area contributed by atoms with Gasteiger partial charge in [-0.05, 0) is 46.2 Å². The zero-order valence-electron chi connectivity index (χ0n) is 13.5. The second-order valence-corrected chi connectivity index (χ2v) is 5.24. The Morgan fingerprint density at radius 2 is 2.00 bits per heavy atom. The second kappa shape index (κ2) is 6.88. The van der Waals surface area contributed by atoms with Crippen molar-refractivity contribution in [2.75, 3.05) is 13.2 Å². The zero-order valence-corrected chi connectivity index (χ0v) is 13.5. The van der Waals surface area contributed by atoms with Crippen molar-refractivity contribution in [3.63, 3.8) is 0 Å². The minimum absolute atomic E-state index is 0.229. The number of carbonyl (C=O) groups excluding carboxylic acids is 1. The predicted octanol–water partition coefficient (Wildman–Crippen LogP) is 1.99. The summed E-state index contributed by atoms with van der Waals surface area (Å²) in [4.78, 5) is 12.2. The molecule has 0 saturated carbocycles. The summed E-state index contributed by atoms with van der Waals surface area (Å²) >= 11 is 0. The van der Waals surface area contributed by atoms with E-state index in [0.717, 1.165) is 17.8 Å². The van der Waals surface area contributed by atoms with Crippen molar-refractivity contribution in [3.8, 4) is 0 Å². The van der Waals surface area contributed by atoms with E-state index in [1.807, 2.05) is 32.4 Å². The van der Waals surface area contributed by atoms with E-state index in [1.165, 1.54) is 5.56 Å². The van der Waals surface area contributed by atoms with Crippen molar-refractivity contribution in [3.05, 3.63) is 17.0 Å². The van der Waals surface area contributed by atoms with E-state index in [4.69, 9.17) is 4.74 Å². The van der Waals surface area contributed by atoms with Crippen molar-refractivity contribution < 1.29 is 9.53 Å². The molecular formula is C15H27N3O2. The SMILES string of the molecule is CCNC(C)(Cn1nc(C)c(CC)c1C)C(=O)OCC. The van der Waals surface area contributed by atoms with Crippen LogP contribution in [0.25, 0.3) is 0 Å². The van der Waals surface area contributed by atoms with Crippen LogP contribution >= 0.6 is 0 Å². The number of esters is 1. The first kappa shape index (κ1) is 16.7. The van der Waals surface area contributed by atoms with Gasteiger partial charge in [0.2, 0.25) is 0 Å². The predicted molar refractivity (Wildman–Crippen MR) is 79.8 cm³/mol. The topological polar surface area (TPSA) is 56.2 Å². The first-order chi connectivity index (χ1) is 9.39. The Kier molecular flexibility index (Phi) is 5.74. The minimum Gasteiger partial charge on any atom is -0.465 e. The lowest BCUT2D eigenvalue weighted by molar-refractivity contribution is -0.151. The van der Waals surface area contributed by atoms with Crippen LogP contribution in [0.2, 0.25) is 0 Å². The molecule has 1 aromatic heterocycles. The van der Waals surface area contributed by atoms with Gasteiger partial charge in [-0.3, -0.25) is 4.68 Å². The number of likely N-dealkylation sites (N-methyl/N-ethyl adjacent to an activating group) is 1. The third kappa shape index (κ3) is 3.39. The molecule has 0 aliphatic carbocycles. The van der Waals surface area contributed by atoms with Crippen LogP contribution in [0, 0.1) is 13.8 Å². The molecule has 1 N–H and O–H groups in total. The number of nitrogens with zero attached hydrogens (tertiary/aromatic N) is 2. The number of ether oxygens (including phenoxy) is 1. The van der Waals surface area contributed by atoms with Crippen LogP contribution in [0.1, 0.15) is 44.6 Å². The minimum atomic E-state index is -0.751. The molecule has 0 fully saturated rings. The Morgan fingerprint density at radius 1 is 1.35 bits per heavy atom. The summed E-state index contributed by atoms with van der Waals surface area (Å²) in [6, 6.07) is 0. The van der Waals surface area contributed by atoms with E-state index in [-0.39, 0.29) is 5.97 Å². The van der Waals surface area contributed by atoms with Crippen molar-refractivity contribution in [2.45, 2.75) is 60.0 Å². The number of hydrogen-bond acceptors (Lipinski definition) is 4. The standard InChI is InChI=1S/C15H27N3O2/c1-7-13-11(4)17-18(12(13)5)10-15(6,16-8-2)14(19)20-9-3/h16H,7-10H2,1-6H3. The summed E-state index contributed by atoms with van der Waals surface area (Å²) < 4.78 is 7.10. The van der Waals surface area contributed by atoms with Crippen LogP contribution in [0.3, 0.4) is 0 Å². The molecule has 1 heterocycles. The van der Waals surface area contributed by atoms with Gasteiger partial charge in [-0.2, -0.15) is 5.10 Å². The lowest BCUT2D eigenvalue weighted by Crippen LogP contribution is -2.53. The summed E-state index contributed by atoms with van der Waals surface area (Å²) in [6.07, 6.45) is 0.953. The molecule has 0 spiro atoms. The molecule has 0 amide bonds. The van der Waals surface area contributed by atoms with Crippen molar-refractivity contribution in [2.24, 2.45) is 0 Å². The van der Waals surface area contributed by atoms with E-state index in [9.17, 15) is 4.79 Å².